The second kappa shape index (κ2) is 7.31. The van der Waals surface area contributed by atoms with E-state index in [1.807, 2.05) is 31.2 Å². The fourth-order valence-electron chi connectivity index (χ4n) is 2.50. The van der Waals surface area contributed by atoms with Gasteiger partial charge in [0.05, 0.1) is 6.54 Å². The molecule has 1 N–H and O–H groups in total. The molecule has 0 spiro atoms. The zero-order valence-electron chi connectivity index (χ0n) is 14.0. The van der Waals surface area contributed by atoms with E-state index in [2.05, 4.69) is 5.32 Å². The SMILES string of the molecule is Cc1ccc(Cn2cccc(C(=O)Nc3ccc(F)c(F)c3)c2=O)cc1. The first-order valence-corrected chi connectivity index (χ1v) is 7.95. The molecule has 132 valence electrons. The van der Waals surface area contributed by atoms with Crippen LogP contribution in [0.4, 0.5) is 14.5 Å². The monoisotopic (exact) mass is 354 g/mol. The summed E-state index contributed by atoms with van der Waals surface area (Å²) < 4.78 is 27.6. The van der Waals surface area contributed by atoms with Crippen molar-refractivity contribution in [3.63, 3.8) is 0 Å². The predicted octanol–water partition coefficient (Wildman–Crippen LogP) is 3.74. The molecule has 0 atom stereocenters. The number of nitrogens with one attached hydrogen (secondary N) is 1. The Morgan fingerprint density at radius 1 is 1.04 bits per heavy atom. The summed E-state index contributed by atoms with van der Waals surface area (Å²) in [5, 5.41) is 2.41. The van der Waals surface area contributed by atoms with Gasteiger partial charge in [0.2, 0.25) is 0 Å². The van der Waals surface area contributed by atoms with Crippen LogP contribution in [0.3, 0.4) is 0 Å². The molecule has 0 aliphatic rings. The normalized spacial score (nSPS) is 10.6. The molecule has 0 aliphatic heterocycles. The van der Waals surface area contributed by atoms with Gasteiger partial charge in [0.25, 0.3) is 11.5 Å². The third kappa shape index (κ3) is 3.85. The fraction of sp³-hybridized carbons (Fsp3) is 0.100. The van der Waals surface area contributed by atoms with E-state index in [0.29, 0.717) is 6.54 Å². The van der Waals surface area contributed by atoms with E-state index in [1.165, 1.54) is 16.7 Å². The second-order valence-corrected chi connectivity index (χ2v) is 5.92. The van der Waals surface area contributed by atoms with Crippen molar-refractivity contribution in [1.29, 1.82) is 0 Å². The van der Waals surface area contributed by atoms with Gasteiger partial charge in [-0.15, -0.1) is 0 Å². The lowest BCUT2D eigenvalue weighted by molar-refractivity contribution is 0.102. The third-order valence-electron chi connectivity index (χ3n) is 3.92. The van der Waals surface area contributed by atoms with Gasteiger partial charge in [-0.05, 0) is 36.8 Å². The number of amides is 1. The number of carbonyl (C=O) groups is 1. The van der Waals surface area contributed by atoms with E-state index >= 15 is 0 Å². The maximum atomic E-state index is 13.3. The van der Waals surface area contributed by atoms with Gasteiger partial charge in [-0.25, -0.2) is 8.78 Å². The minimum absolute atomic E-state index is 0.0715. The Morgan fingerprint density at radius 2 is 1.77 bits per heavy atom. The number of anilines is 1. The van der Waals surface area contributed by atoms with Crippen LogP contribution in [-0.2, 0) is 6.54 Å². The van der Waals surface area contributed by atoms with Gasteiger partial charge in [-0.3, -0.25) is 9.59 Å². The molecule has 4 nitrogen and oxygen atoms in total. The molecule has 6 heteroatoms. The second-order valence-electron chi connectivity index (χ2n) is 5.92. The summed E-state index contributed by atoms with van der Waals surface area (Å²) in [5.41, 5.74) is 1.57. The highest BCUT2D eigenvalue weighted by atomic mass is 19.2. The van der Waals surface area contributed by atoms with Crippen molar-refractivity contribution in [3.8, 4) is 0 Å². The van der Waals surface area contributed by atoms with Crippen LogP contribution < -0.4 is 10.9 Å². The van der Waals surface area contributed by atoms with Crippen molar-refractivity contribution < 1.29 is 13.6 Å². The number of aromatic nitrogens is 1. The third-order valence-corrected chi connectivity index (χ3v) is 3.92. The average Bonchev–Trinajstić information content (AvgIpc) is 2.62. The number of nitrogens with zero attached hydrogens (tertiary/aromatic N) is 1. The van der Waals surface area contributed by atoms with Crippen LogP contribution in [-0.4, -0.2) is 10.5 Å². The minimum Gasteiger partial charge on any atom is -0.322 e. The summed E-state index contributed by atoms with van der Waals surface area (Å²) in [6.07, 6.45) is 1.59. The summed E-state index contributed by atoms with van der Waals surface area (Å²) in [6, 6.07) is 13.7. The maximum absolute atomic E-state index is 13.3. The molecule has 1 aromatic heterocycles. The first kappa shape index (κ1) is 17.5. The number of hydrogen-bond donors (Lipinski definition) is 1. The summed E-state index contributed by atoms with van der Waals surface area (Å²) >= 11 is 0. The molecule has 26 heavy (non-hydrogen) atoms. The Morgan fingerprint density at radius 3 is 2.46 bits per heavy atom. The predicted molar refractivity (Wildman–Crippen MR) is 95.3 cm³/mol. The van der Waals surface area contributed by atoms with Crippen molar-refractivity contribution in [2.75, 3.05) is 5.32 Å². The maximum Gasteiger partial charge on any atom is 0.263 e. The quantitative estimate of drug-likeness (QED) is 0.776. The van der Waals surface area contributed by atoms with Gasteiger partial charge in [-0.1, -0.05) is 29.8 Å². The lowest BCUT2D eigenvalue weighted by Crippen LogP contribution is -2.29. The van der Waals surface area contributed by atoms with Gasteiger partial charge < -0.3 is 9.88 Å². The smallest absolute Gasteiger partial charge is 0.263 e. The molecule has 1 heterocycles. The molecule has 0 aliphatic carbocycles. The van der Waals surface area contributed by atoms with Gasteiger partial charge in [0, 0.05) is 18.0 Å². The standard InChI is InChI=1S/C20H16F2N2O2/c1-13-4-6-14(7-5-13)12-24-10-2-3-16(20(24)26)19(25)23-15-8-9-17(21)18(22)11-15/h2-11H,12H2,1H3,(H,23,25). The van der Waals surface area contributed by atoms with E-state index in [0.717, 1.165) is 23.3 Å². The number of benzene rings is 2. The molecule has 0 radical (unpaired) electrons. The zero-order valence-corrected chi connectivity index (χ0v) is 14.0. The number of aryl methyl sites for hydroxylation is 1. The molecule has 0 unspecified atom stereocenters. The Balaban J connectivity index is 1.83. The van der Waals surface area contributed by atoms with Gasteiger partial charge in [-0.2, -0.15) is 0 Å². The van der Waals surface area contributed by atoms with Crippen molar-refractivity contribution >= 4 is 11.6 Å². The van der Waals surface area contributed by atoms with Crippen LogP contribution in [0.5, 0.6) is 0 Å². The minimum atomic E-state index is -1.08. The van der Waals surface area contributed by atoms with Crippen molar-refractivity contribution in [2.24, 2.45) is 0 Å². The fourth-order valence-corrected chi connectivity index (χ4v) is 2.50. The van der Waals surface area contributed by atoms with E-state index < -0.39 is 23.1 Å². The van der Waals surface area contributed by atoms with Crippen molar-refractivity contribution in [2.45, 2.75) is 13.5 Å². The zero-order chi connectivity index (χ0) is 18.7. The Kier molecular flexibility index (Phi) is 4.93. The number of pyridine rings is 1. The highest BCUT2D eigenvalue weighted by molar-refractivity contribution is 6.03. The number of rotatable bonds is 4. The van der Waals surface area contributed by atoms with Crippen LogP contribution in [0.25, 0.3) is 0 Å². The van der Waals surface area contributed by atoms with Crippen molar-refractivity contribution in [3.05, 3.63) is 99.5 Å². The van der Waals surface area contributed by atoms with Gasteiger partial charge in [0.15, 0.2) is 11.6 Å². The first-order valence-electron chi connectivity index (χ1n) is 7.95. The molecule has 1 amide bonds. The molecule has 3 aromatic rings. The van der Waals surface area contributed by atoms with E-state index in [-0.39, 0.29) is 11.3 Å². The van der Waals surface area contributed by atoms with Crippen LogP contribution >= 0.6 is 0 Å². The largest absolute Gasteiger partial charge is 0.322 e. The summed E-state index contributed by atoms with van der Waals surface area (Å²) in [4.78, 5) is 24.9. The van der Waals surface area contributed by atoms with Crippen LogP contribution in [0.2, 0.25) is 0 Å². The number of carbonyl (C=O) groups excluding carboxylic acids is 1. The van der Waals surface area contributed by atoms with E-state index in [1.54, 1.807) is 12.3 Å². The molecule has 0 saturated carbocycles. The highest BCUT2D eigenvalue weighted by Crippen LogP contribution is 2.14. The van der Waals surface area contributed by atoms with Gasteiger partial charge in [0.1, 0.15) is 5.56 Å². The molecule has 0 fully saturated rings. The lowest BCUT2D eigenvalue weighted by Gasteiger charge is -2.09. The molecule has 0 saturated heterocycles. The molecule has 2 aromatic carbocycles. The summed E-state index contributed by atoms with van der Waals surface area (Å²) in [5.74, 6) is -2.77. The van der Waals surface area contributed by atoms with Crippen molar-refractivity contribution in [1.82, 2.24) is 4.57 Å². The number of halogens is 2. The highest BCUT2D eigenvalue weighted by Gasteiger charge is 2.13. The first-order chi connectivity index (χ1) is 12.4. The topological polar surface area (TPSA) is 51.1 Å². The average molecular weight is 354 g/mol. The van der Waals surface area contributed by atoms with E-state index in [4.69, 9.17) is 0 Å². The van der Waals surface area contributed by atoms with Crippen LogP contribution in [0, 0.1) is 18.6 Å². The Labute approximate surface area is 148 Å². The lowest BCUT2D eigenvalue weighted by atomic mass is 10.1. The van der Waals surface area contributed by atoms with Crippen LogP contribution in [0.15, 0.2) is 65.6 Å². The molecular formula is C20H16F2N2O2. The van der Waals surface area contributed by atoms with Gasteiger partial charge >= 0.3 is 0 Å². The number of hydrogen-bond acceptors (Lipinski definition) is 2. The molecule has 0 bridgehead atoms. The summed E-state index contributed by atoms with van der Waals surface area (Å²) in [7, 11) is 0. The van der Waals surface area contributed by atoms with E-state index in [9.17, 15) is 18.4 Å². The Hall–Kier alpha value is -3.28. The molecular weight excluding hydrogens is 338 g/mol. The summed E-state index contributed by atoms with van der Waals surface area (Å²) in [6.45, 7) is 2.30. The Bertz CT molecular complexity index is 1010. The van der Waals surface area contributed by atoms with Crippen LogP contribution in [0.1, 0.15) is 21.5 Å². The molecule has 3 rings (SSSR count).